The molecule has 0 aromatic heterocycles. The number of hydrogen-bond acceptors (Lipinski definition) is 4. The molecule has 4 rings (SSSR count). The highest BCUT2D eigenvalue weighted by Gasteiger charge is 2.33. The Morgan fingerprint density at radius 1 is 1.00 bits per heavy atom. The van der Waals surface area contributed by atoms with Crippen molar-refractivity contribution >= 4 is 22.8 Å². The van der Waals surface area contributed by atoms with Crippen molar-refractivity contribution in [2.24, 2.45) is 0 Å². The molecule has 4 nitrogen and oxygen atoms in total. The molecule has 0 radical (unpaired) electrons. The lowest BCUT2D eigenvalue weighted by molar-refractivity contribution is -0.138. The summed E-state index contributed by atoms with van der Waals surface area (Å²) < 4.78 is 52.6. The van der Waals surface area contributed by atoms with Crippen LogP contribution in [0.15, 0.2) is 78.9 Å². The van der Waals surface area contributed by atoms with Gasteiger partial charge in [-0.3, -0.25) is 0 Å². The van der Waals surface area contributed by atoms with Crippen molar-refractivity contribution in [1.29, 1.82) is 0 Å². The molecule has 0 amide bonds. The number of carbonyl (C=O) groups is 1. The van der Waals surface area contributed by atoms with Crippen LogP contribution >= 0.6 is 0 Å². The minimum absolute atomic E-state index is 0.0206. The molecular formula is C29H23F3O4. The number of phenolic OH excluding ortho intramolecular Hbond substituents is 1. The predicted molar refractivity (Wildman–Crippen MR) is 133 cm³/mol. The molecule has 7 heteroatoms. The van der Waals surface area contributed by atoms with Gasteiger partial charge in [-0.05, 0) is 72.3 Å². The summed E-state index contributed by atoms with van der Waals surface area (Å²) in [4.78, 5) is 11.6. The van der Waals surface area contributed by atoms with Crippen molar-refractivity contribution in [2.75, 3.05) is 6.61 Å². The summed E-state index contributed by atoms with van der Waals surface area (Å²) in [6.45, 7) is 3.61. The van der Waals surface area contributed by atoms with Crippen molar-refractivity contribution < 1.29 is 32.5 Å². The molecule has 0 fully saturated rings. The Bertz CT molecular complexity index is 1440. The van der Waals surface area contributed by atoms with Gasteiger partial charge < -0.3 is 14.6 Å². The molecule has 0 bridgehead atoms. The van der Waals surface area contributed by atoms with Crippen molar-refractivity contribution in [2.45, 2.75) is 20.0 Å². The minimum Gasteiger partial charge on any atom is -0.508 e. The van der Waals surface area contributed by atoms with Crippen LogP contribution in [0, 0.1) is 6.92 Å². The summed E-state index contributed by atoms with van der Waals surface area (Å²) >= 11 is 0. The Morgan fingerprint density at radius 2 is 1.75 bits per heavy atom. The maximum absolute atomic E-state index is 13.9. The third kappa shape index (κ3) is 5.35. The van der Waals surface area contributed by atoms with Crippen molar-refractivity contribution in [3.05, 3.63) is 95.6 Å². The van der Waals surface area contributed by atoms with Crippen molar-refractivity contribution in [1.82, 2.24) is 0 Å². The molecule has 0 aliphatic rings. The molecule has 0 unspecified atom stereocenters. The van der Waals surface area contributed by atoms with E-state index < -0.39 is 17.7 Å². The van der Waals surface area contributed by atoms with Crippen LogP contribution in [-0.4, -0.2) is 17.7 Å². The van der Waals surface area contributed by atoms with E-state index in [1.807, 2.05) is 43.3 Å². The minimum atomic E-state index is -4.68. The number of aryl methyl sites for hydroxylation is 1. The molecule has 184 valence electrons. The predicted octanol–water partition coefficient (Wildman–Crippen LogP) is 7.91. The average molecular weight is 492 g/mol. The van der Waals surface area contributed by atoms with Gasteiger partial charge in [-0.1, -0.05) is 42.5 Å². The molecule has 0 heterocycles. The number of aromatic hydroxyl groups is 1. The van der Waals surface area contributed by atoms with Gasteiger partial charge in [-0.25, -0.2) is 4.79 Å². The number of benzene rings is 4. The van der Waals surface area contributed by atoms with E-state index in [4.69, 9.17) is 9.47 Å². The number of halogens is 3. The Labute approximate surface area is 206 Å². The van der Waals surface area contributed by atoms with E-state index in [0.717, 1.165) is 34.9 Å². The Morgan fingerprint density at radius 3 is 2.44 bits per heavy atom. The highest BCUT2D eigenvalue weighted by molar-refractivity contribution is 5.97. The number of fused-ring (bicyclic) bond motifs is 1. The zero-order chi connectivity index (χ0) is 25.9. The molecule has 0 spiro atoms. The summed E-state index contributed by atoms with van der Waals surface area (Å²) in [6, 6.07) is 19.6. The molecule has 36 heavy (non-hydrogen) atoms. The van der Waals surface area contributed by atoms with Crippen LogP contribution in [-0.2, 0) is 15.7 Å². The first-order valence-electron chi connectivity index (χ1n) is 11.2. The molecule has 4 aromatic carbocycles. The van der Waals surface area contributed by atoms with Gasteiger partial charge in [0.15, 0.2) is 0 Å². The van der Waals surface area contributed by atoms with Gasteiger partial charge in [0.25, 0.3) is 0 Å². The van der Waals surface area contributed by atoms with Crippen molar-refractivity contribution in [3.8, 4) is 28.4 Å². The first-order chi connectivity index (χ1) is 17.2. The van der Waals surface area contributed by atoms with E-state index in [1.54, 1.807) is 19.1 Å². The average Bonchev–Trinajstić information content (AvgIpc) is 2.83. The molecule has 0 aliphatic carbocycles. The number of ether oxygens (including phenoxy) is 2. The molecule has 1 N–H and O–H groups in total. The zero-order valence-corrected chi connectivity index (χ0v) is 19.6. The topological polar surface area (TPSA) is 55.8 Å². The second kappa shape index (κ2) is 10.2. The van der Waals surface area contributed by atoms with Crippen LogP contribution in [0.1, 0.15) is 23.6 Å². The van der Waals surface area contributed by atoms with Crippen LogP contribution in [0.2, 0.25) is 0 Å². The van der Waals surface area contributed by atoms with Crippen LogP contribution in [0.25, 0.3) is 28.0 Å². The Balaban J connectivity index is 1.86. The number of hydrogen-bond donors (Lipinski definition) is 1. The zero-order valence-electron chi connectivity index (χ0n) is 19.6. The number of phenols is 1. The lowest BCUT2D eigenvalue weighted by Gasteiger charge is -2.19. The summed E-state index contributed by atoms with van der Waals surface area (Å²) in [6.07, 6.45) is -2.65. The summed E-state index contributed by atoms with van der Waals surface area (Å²) in [5.41, 5.74) is 1.26. The summed E-state index contributed by atoms with van der Waals surface area (Å²) in [7, 11) is 0. The SMILES string of the molecule is CCOC(=O)C=Cc1ccc(Oc2c(-c3ccccc3)c(C)cc3cc(O)ccc23)cc1C(F)(F)F. The van der Waals surface area contributed by atoms with Gasteiger partial charge in [0.2, 0.25) is 0 Å². The van der Waals surface area contributed by atoms with Gasteiger partial charge in [-0.2, -0.15) is 13.2 Å². The van der Waals surface area contributed by atoms with E-state index in [-0.39, 0.29) is 23.7 Å². The Kier molecular flexibility index (Phi) is 7.01. The highest BCUT2D eigenvalue weighted by atomic mass is 19.4. The smallest absolute Gasteiger partial charge is 0.417 e. The van der Waals surface area contributed by atoms with Gasteiger partial charge in [0.1, 0.15) is 17.2 Å². The number of rotatable bonds is 6. The van der Waals surface area contributed by atoms with Gasteiger partial charge in [0, 0.05) is 17.0 Å². The fourth-order valence-electron chi connectivity index (χ4n) is 4.02. The number of esters is 1. The second-order valence-electron chi connectivity index (χ2n) is 8.10. The normalized spacial score (nSPS) is 11.7. The first kappa shape index (κ1) is 24.9. The van der Waals surface area contributed by atoms with Crippen LogP contribution < -0.4 is 4.74 Å². The maximum Gasteiger partial charge on any atom is 0.417 e. The van der Waals surface area contributed by atoms with Crippen LogP contribution in [0.4, 0.5) is 13.2 Å². The molecule has 4 aromatic rings. The molecule has 0 atom stereocenters. The van der Waals surface area contributed by atoms with E-state index in [1.165, 1.54) is 18.2 Å². The fourth-order valence-corrected chi connectivity index (χ4v) is 4.02. The quantitative estimate of drug-likeness (QED) is 0.220. The van der Waals surface area contributed by atoms with Gasteiger partial charge in [-0.15, -0.1) is 0 Å². The molecule has 0 saturated heterocycles. The van der Waals surface area contributed by atoms with E-state index in [9.17, 15) is 23.1 Å². The molecular weight excluding hydrogens is 469 g/mol. The van der Waals surface area contributed by atoms with Gasteiger partial charge >= 0.3 is 12.1 Å². The summed E-state index contributed by atoms with van der Waals surface area (Å²) in [5.74, 6) is -0.308. The van der Waals surface area contributed by atoms with Crippen molar-refractivity contribution in [3.63, 3.8) is 0 Å². The third-order valence-corrected chi connectivity index (χ3v) is 5.57. The maximum atomic E-state index is 13.9. The van der Waals surface area contributed by atoms with E-state index in [2.05, 4.69) is 0 Å². The lowest BCUT2D eigenvalue weighted by Crippen LogP contribution is -2.08. The van der Waals surface area contributed by atoms with Gasteiger partial charge in [0.05, 0.1) is 12.2 Å². The monoisotopic (exact) mass is 492 g/mol. The highest BCUT2D eigenvalue weighted by Crippen LogP contribution is 2.44. The lowest BCUT2D eigenvalue weighted by atomic mass is 9.94. The molecule has 0 saturated carbocycles. The standard InChI is InChI=1S/C29H23F3O4/c1-3-35-26(34)14-10-19-9-12-23(17-25(19)29(30,31)32)36-28-24-13-11-22(33)16-21(24)15-18(2)27(28)20-7-5-4-6-8-20/h4-17,33H,3H2,1-2H3. The second-order valence-corrected chi connectivity index (χ2v) is 8.10. The van der Waals surface area contributed by atoms with Crippen LogP contribution in [0.3, 0.4) is 0 Å². The Hall–Kier alpha value is -4.26. The largest absolute Gasteiger partial charge is 0.508 e. The van der Waals surface area contributed by atoms with Crippen LogP contribution in [0.5, 0.6) is 17.2 Å². The first-order valence-corrected chi connectivity index (χ1v) is 11.2. The summed E-state index contributed by atoms with van der Waals surface area (Å²) in [5, 5.41) is 11.3. The number of alkyl halides is 3. The van der Waals surface area contributed by atoms with E-state index >= 15 is 0 Å². The number of carbonyl (C=O) groups excluding carboxylic acids is 1. The molecule has 0 aliphatic heterocycles. The third-order valence-electron chi connectivity index (χ3n) is 5.57. The fraction of sp³-hybridized carbons (Fsp3) is 0.138. The van der Waals surface area contributed by atoms with E-state index in [0.29, 0.717) is 16.5 Å².